The average molecular weight is 1310 g/mol. The number of carbonyl (C=O) groups excluding carboxylic acids is 2. The number of amides is 2. The predicted molar refractivity (Wildman–Crippen MR) is 365 cm³/mol. The van der Waals surface area contributed by atoms with E-state index in [1.54, 1.807) is 56.6 Å². The fourth-order valence-corrected chi connectivity index (χ4v) is 10.6. The van der Waals surface area contributed by atoms with Crippen LogP contribution in [0.3, 0.4) is 0 Å². The van der Waals surface area contributed by atoms with Crippen molar-refractivity contribution in [2.45, 2.75) is 63.8 Å². The molecule has 9 aromatic rings. The van der Waals surface area contributed by atoms with Crippen molar-refractivity contribution in [3.05, 3.63) is 175 Å². The SMILES string of the molecule is COc1cc2c(Nc3ccc(Oc4ccccc4OC)cc3)c(C#N)cnc2cc1O.COc1cc2c(Nc3ccc(Oc4ccccc4OC)cc3)c(C#N)cnc2cc1OCC1CN(C(C)C)C(=O)O1.Cc1ccc(S(=O)(=O)OCC2CN(C(C)C)C(=O)O2)cc1.[B][B][B]. The molecule has 5 radical (unpaired) electrons. The normalized spacial score (nSPS) is 13.8. The fraction of sp³-hybridized carbons (Fsp3) is 0.246. The van der Waals surface area contributed by atoms with Crippen molar-refractivity contribution in [3.8, 4) is 69.6 Å². The number of fused-ring (bicyclic) bond motifs is 2. The van der Waals surface area contributed by atoms with Gasteiger partial charge >= 0.3 is 12.2 Å². The second kappa shape index (κ2) is 33.2. The van der Waals surface area contributed by atoms with Gasteiger partial charge in [0.25, 0.3) is 10.1 Å². The van der Waals surface area contributed by atoms with E-state index in [-0.39, 0.29) is 42.0 Å². The summed E-state index contributed by atoms with van der Waals surface area (Å²) >= 11 is 0. The molecule has 2 saturated heterocycles. The number of para-hydroxylation sites is 4. The van der Waals surface area contributed by atoms with Gasteiger partial charge in [-0.25, -0.2) is 9.59 Å². The smallest absolute Gasteiger partial charge is 0.410 e. The molecule has 4 heterocycles. The Kier molecular flexibility index (Phi) is 24.5. The fourth-order valence-electron chi connectivity index (χ4n) is 9.67. The predicted octanol–water partition coefficient (Wildman–Crippen LogP) is 12.4. The second-order valence-corrected chi connectivity index (χ2v) is 23.4. The van der Waals surface area contributed by atoms with E-state index in [9.17, 15) is 33.6 Å². The van der Waals surface area contributed by atoms with Crippen molar-refractivity contribution in [3.63, 3.8) is 0 Å². The van der Waals surface area contributed by atoms with Crippen LogP contribution in [0.5, 0.6) is 57.5 Å². The minimum Gasteiger partial charge on any atom is -0.504 e. The monoisotopic (exact) mass is 1310 g/mol. The molecule has 27 heteroatoms. The van der Waals surface area contributed by atoms with E-state index < -0.39 is 28.4 Å². The van der Waals surface area contributed by atoms with E-state index in [1.165, 1.54) is 42.6 Å². The molecule has 0 aliphatic carbocycles. The van der Waals surface area contributed by atoms with E-state index in [1.807, 2.05) is 132 Å². The molecule has 2 aromatic heterocycles. The standard InChI is InChI=1S/C31H30N4O6.C24H19N3O4.C14H19NO5S.B3/c1-19(2)35-17-23(41-31(35)36)18-39-29-14-25-24(13-28(29)38-4)30(20(15-32)16-33-25)34-21-9-11-22(12-10-21)40-27-8-6-5-7-26(27)37-3;1-29-21-5-3-4-6-22(21)31-17-9-7-16(8-10-17)27-24-15(13-25)14-26-19-12-20(28)23(30-2)11-18(19)24;1-10(2)15-8-12(20-14(15)16)9-19-21(17,18)13-6-4-11(3)5-7-13;1-3-2/h5-14,16,19,23H,17-18H2,1-4H3,(H,33,34);3-12,14,28H,1-2H3,(H,26,27);4-7,10,12H,8-9H2,1-3H3;. The highest BCUT2D eigenvalue weighted by Gasteiger charge is 2.35. The molecule has 2 amide bonds. The number of anilines is 4. The lowest BCUT2D eigenvalue weighted by atomic mass is 9.40. The van der Waals surface area contributed by atoms with Crippen LogP contribution in [0.4, 0.5) is 32.3 Å². The molecule has 7 aromatic carbocycles. The van der Waals surface area contributed by atoms with Gasteiger partial charge in [0, 0.05) is 81.3 Å². The Morgan fingerprint density at radius 3 is 1.43 bits per heavy atom. The summed E-state index contributed by atoms with van der Waals surface area (Å²) in [6.45, 7) is 10.3. The third-order valence-corrected chi connectivity index (χ3v) is 15.9. The molecule has 11 rings (SSSR count). The Balaban J connectivity index is 0.000000190. The van der Waals surface area contributed by atoms with Gasteiger partial charge in [0.1, 0.15) is 43.0 Å². The summed E-state index contributed by atoms with van der Waals surface area (Å²) in [5.41, 5.74) is 5.50. The topological polar surface area (TPSA) is 285 Å². The van der Waals surface area contributed by atoms with E-state index in [0.717, 1.165) is 24.0 Å². The van der Waals surface area contributed by atoms with Gasteiger partial charge in [-0.05, 0) is 132 Å². The summed E-state index contributed by atoms with van der Waals surface area (Å²) in [6, 6.07) is 47.0. The number of phenolic OH excluding ortho intramolecular Hbond substituents is 1. The number of aromatic hydroxyl groups is 1. The first-order chi connectivity index (χ1) is 46.2. The molecule has 2 atom stereocenters. The number of phenols is 1. The molecule has 96 heavy (non-hydrogen) atoms. The molecule has 0 bridgehead atoms. The molecule has 2 unspecified atom stereocenters. The van der Waals surface area contributed by atoms with E-state index >= 15 is 0 Å². The minimum atomic E-state index is -3.83. The van der Waals surface area contributed by atoms with Crippen LogP contribution in [0.25, 0.3) is 21.8 Å². The zero-order valence-corrected chi connectivity index (χ0v) is 55.0. The number of nitriles is 2. The quantitative estimate of drug-likeness (QED) is 0.0445. The first kappa shape index (κ1) is 70.8. The summed E-state index contributed by atoms with van der Waals surface area (Å²) in [6.07, 6.45) is 1.23. The van der Waals surface area contributed by atoms with E-state index in [2.05, 4.69) is 48.2 Å². The summed E-state index contributed by atoms with van der Waals surface area (Å²) in [7, 11) is 12.4. The molecule has 2 aliphatic rings. The number of rotatable bonds is 21. The number of cyclic esters (lactones) is 2. The van der Waals surface area contributed by atoms with Crippen LogP contribution in [-0.2, 0) is 23.8 Å². The number of pyridine rings is 2. The number of nitrogens with zero attached hydrogens (tertiary/aromatic N) is 6. The highest BCUT2D eigenvalue weighted by molar-refractivity contribution is 7.86. The number of carbonyl (C=O) groups is 2. The highest BCUT2D eigenvalue weighted by atomic mass is 32.2. The second-order valence-electron chi connectivity index (χ2n) is 21.7. The molecule has 0 saturated carbocycles. The van der Waals surface area contributed by atoms with Crippen molar-refractivity contribution < 1.29 is 69.9 Å². The first-order valence-corrected chi connectivity index (χ1v) is 31.3. The van der Waals surface area contributed by atoms with Crippen molar-refractivity contribution in [1.29, 1.82) is 10.5 Å². The average Bonchev–Trinajstić information content (AvgIpc) is 0.824. The molecule has 3 N–H and O–H groups in total. The first-order valence-electron chi connectivity index (χ1n) is 29.9. The highest BCUT2D eigenvalue weighted by Crippen LogP contribution is 2.40. The molecule has 2 aliphatic heterocycles. The van der Waals surface area contributed by atoms with Gasteiger partial charge in [-0.3, -0.25) is 14.2 Å². The molecule has 2 fully saturated rings. The van der Waals surface area contributed by atoms with Crippen molar-refractivity contribution in [2.24, 2.45) is 0 Å². The maximum Gasteiger partial charge on any atom is 0.410 e. The number of nitrogens with one attached hydrogen (secondary N) is 2. The zero-order valence-electron chi connectivity index (χ0n) is 54.1. The number of methoxy groups -OCH3 is 4. The number of hydrogen-bond donors (Lipinski definition) is 3. The van der Waals surface area contributed by atoms with Crippen molar-refractivity contribution >= 4 is 89.4 Å². The van der Waals surface area contributed by atoms with Crippen LogP contribution in [0, 0.1) is 29.6 Å². The lowest BCUT2D eigenvalue weighted by molar-refractivity contribution is 0.101. The van der Waals surface area contributed by atoms with Gasteiger partial charge in [0.2, 0.25) is 0 Å². The number of aryl methyl sites for hydroxylation is 1. The molecular weight excluding hydrogens is 1250 g/mol. The minimum absolute atomic E-state index is 0.0104. The van der Waals surface area contributed by atoms with Gasteiger partial charge in [0.05, 0.1) is 80.0 Å². The number of hydrogen-bond acceptors (Lipinski definition) is 21. The lowest BCUT2D eigenvalue weighted by Gasteiger charge is -2.18. The summed E-state index contributed by atoms with van der Waals surface area (Å²) in [4.78, 5) is 35.7. The third-order valence-electron chi connectivity index (χ3n) is 14.6. The van der Waals surface area contributed by atoms with Crippen LogP contribution in [0.1, 0.15) is 44.4 Å². The van der Waals surface area contributed by atoms with Gasteiger partial charge in [-0.1, -0.05) is 42.0 Å². The number of aromatic nitrogens is 2. The molecular formula is C69H68B3N8O15S. The Bertz CT molecular complexity index is 4370. The largest absolute Gasteiger partial charge is 0.504 e. The van der Waals surface area contributed by atoms with Crippen molar-refractivity contribution in [2.75, 3.05) is 65.4 Å². The van der Waals surface area contributed by atoms with Crippen LogP contribution in [0.2, 0.25) is 0 Å². The summed E-state index contributed by atoms with van der Waals surface area (Å²) in [5.74, 6) is 4.97. The van der Waals surface area contributed by atoms with Crippen LogP contribution in [0.15, 0.2) is 163 Å². The van der Waals surface area contributed by atoms with Gasteiger partial charge in [-0.2, -0.15) is 18.9 Å². The molecule has 489 valence electrons. The number of benzene rings is 7. The Labute approximate surface area is 560 Å². The van der Waals surface area contributed by atoms with Crippen LogP contribution >= 0.6 is 0 Å². The third kappa shape index (κ3) is 18.0. The van der Waals surface area contributed by atoms with Crippen LogP contribution < -0.4 is 43.8 Å². The summed E-state index contributed by atoms with van der Waals surface area (Å²) in [5, 5.41) is 37.4. The van der Waals surface area contributed by atoms with Gasteiger partial charge in [0.15, 0.2) is 52.1 Å². The maximum atomic E-state index is 12.1. The molecule has 0 spiro atoms. The van der Waals surface area contributed by atoms with Crippen molar-refractivity contribution in [1.82, 2.24) is 19.8 Å². The Morgan fingerprint density at radius 1 is 0.594 bits per heavy atom. The van der Waals surface area contributed by atoms with Crippen LogP contribution in [-0.4, -0.2) is 147 Å². The Hall–Kier alpha value is -11.0. The van der Waals surface area contributed by atoms with E-state index in [0.29, 0.717) is 109 Å². The lowest BCUT2D eigenvalue weighted by Crippen LogP contribution is -2.32. The maximum absolute atomic E-state index is 12.1. The Morgan fingerprint density at radius 2 is 1.01 bits per heavy atom. The zero-order chi connectivity index (χ0) is 69.1. The molecule has 23 nitrogen and oxygen atoms in total. The summed E-state index contributed by atoms with van der Waals surface area (Å²) < 4.78 is 78.9. The van der Waals surface area contributed by atoms with Gasteiger partial charge < -0.3 is 68.2 Å². The van der Waals surface area contributed by atoms with E-state index in [4.69, 9.17) is 46.8 Å². The van der Waals surface area contributed by atoms with Gasteiger partial charge in [-0.15, -0.1) is 0 Å². The number of ether oxygens (including phenoxy) is 9.